The molecule has 1 aliphatic rings. The Morgan fingerprint density at radius 2 is 1.83 bits per heavy atom. The molecule has 0 saturated carbocycles. The van der Waals surface area contributed by atoms with Crippen LogP contribution in [-0.4, -0.2) is 24.1 Å². The van der Waals surface area contributed by atoms with Gasteiger partial charge in [-0.1, -0.05) is 11.6 Å². The first-order valence-electron chi connectivity index (χ1n) is 7.47. The van der Waals surface area contributed by atoms with Crippen LogP contribution in [0.25, 0.3) is 0 Å². The molecule has 24 heavy (non-hydrogen) atoms. The van der Waals surface area contributed by atoms with Crippen molar-refractivity contribution in [2.24, 2.45) is 4.99 Å². The number of aliphatic imine (C=N–C) groups is 1. The number of hydrogen-bond acceptors (Lipinski definition) is 3. The molecule has 2 amide bonds. The van der Waals surface area contributed by atoms with E-state index in [1.165, 1.54) is 6.21 Å². The molecule has 2 aromatic carbocycles. The van der Waals surface area contributed by atoms with Crippen molar-refractivity contribution in [2.75, 3.05) is 5.32 Å². The zero-order valence-corrected chi connectivity index (χ0v) is 14.0. The van der Waals surface area contributed by atoms with Gasteiger partial charge in [0.1, 0.15) is 6.04 Å². The Bertz CT molecular complexity index is 844. The molecular weight excluding hydrogens is 326 g/mol. The third kappa shape index (κ3) is 3.31. The molecule has 0 radical (unpaired) electrons. The highest BCUT2D eigenvalue weighted by Crippen LogP contribution is 2.29. The summed E-state index contributed by atoms with van der Waals surface area (Å²) in [6.07, 6.45) is 1.45. The summed E-state index contributed by atoms with van der Waals surface area (Å²) in [4.78, 5) is 29.0. The fraction of sp³-hybridized carbons (Fsp3) is 0.167. The summed E-state index contributed by atoms with van der Waals surface area (Å²) in [5.41, 5.74) is 3.89. The number of rotatable bonds is 2. The normalized spacial score (nSPS) is 16.1. The molecule has 1 heterocycles. The first-order chi connectivity index (χ1) is 11.4. The average molecular weight is 342 g/mol. The molecule has 2 aromatic rings. The molecule has 0 fully saturated rings. The number of halogens is 1. The zero-order chi connectivity index (χ0) is 17.3. The van der Waals surface area contributed by atoms with E-state index in [1.54, 1.807) is 24.3 Å². The van der Waals surface area contributed by atoms with Crippen molar-refractivity contribution in [3.63, 3.8) is 0 Å². The molecule has 122 valence electrons. The van der Waals surface area contributed by atoms with Gasteiger partial charge in [0.15, 0.2) is 0 Å². The maximum absolute atomic E-state index is 12.4. The van der Waals surface area contributed by atoms with E-state index in [9.17, 15) is 9.59 Å². The minimum absolute atomic E-state index is 0.330. The molecule has 0 spiro atoms. The van der Waals surface area contributed by atoms with Gasteiger partial charge in [-0.2, -0.15) is 0 Å². The third-order valence-corrected chi connectivity index (χ3v) is 4.16. The summed E-state index contributed by atoms with van der Waals surface area (Å²) < 4.78 is 0. The van der Waals surface area contributed by atoms with Gasteiger partial charge in [-0.3, -0.25) is 14.6 Å². The Balaban J connectivity index is 1.81. The smallest absolute Gasteiger partial charge is 0.252 e. The average Bonchev–Trinajstić information content (AvgIpc) is 2.68. The van der Waals surface area contributed by atoms with Gasteiger partial charge in [-0.25, -0.2) is 0 Å². The summed E-state index contributed by atoms with van der Waals surface area (Å²) in [6, 6.07) is 9.39. The molecule has 5 nitrogen and oxygen atoms in total. The first-order valence-corrected chi connectivity index (χ1v) is 7.84. The minimum Gasteiger partial charge on any atom is -0.336 e. The maximum atomic E-state index is 12.4. The lowest BCUT2D eigenvalue weighted by Crippen LogP contribution is -2.44. The zero-order valence-electron chi connectivity index (χ0n) is 13.3. The van der Waals surface area contributed by atoms with Crippen LogP contribution in [0.1, 0.15) is 21.5 Å². The quantitative estimate of drug-likeness (QED) is 0.878. The van der Waals surface area contributed by atoms with Crippen molar-refractivity contribution in [1.82, 2.24) is 5.32 Å². The second-order valence-electron chi connectivity index (χ2n) is 5.68. The number of carbonyl (C=O) groups excluding carboxylic acids is 2. The van der Waals surface area contributed by atoms with Gasteiger partial charge < -0.3 is 10.6 Å². The molecular formula is C18H16ClN3O2. The van der Waals surface area contributed by atoms with Crippen molar-refractivity contribution in [2.45, 2.75) is 19.9 Å². The second-order valence-corrected chi connectivity index (χ2v) is 6.12. The van der Waals surface area contributed by atoms with Gasteiger partial charge in [0, 0.05) is 16.8 Å². The highest BCUT2D eigenvalue weighted by atomic mass is 35.5. The van der Waals surface area contributed by atoms with Crippen molar-refractivity contribution in [3.05, 3.63) is 58.1 Å². The van der Waals surface area contributed by atoms with E-state index in [4.69, 9.17) is 11.6 Å². The fourth-order valence-corrected chi connectivity index (χ4v) is 2.50. The number of amides is 2. The largest absolute Gasteiger partial charge is 0.336 e. The minimum atomic E-state index is -0.846. The van der Waals surface area contributed by atoms with E-state index in [-0.39, 0.29) is 11.8 Å². The number of benzene rings is 2. The first kappa shape index (κ1) is 16.2. The predicted molar refractivity (Wildman–Crippen MR) is 95.4 cm³/mol. The number of hydrogen-bond donors (Lipinski definition) is 2. The van der Waals surface area contributed by atoms with E-state index in [2.05, 4.69) is 15.6 Å². The van der Waals surface area contributed by atoms with Gasteiger partial charge in [0.2, 0.25) is 0 Å². The summed E-state index contributed by atoms with van der Waals surface area (Å²) in [5, 5.41) is 6.01. The van der Waals surface area contributed by atoms with Crippen molar-refractivity contribution < 1.29 is 9.59 Å². The topological polar surface area (TPSA) is 70.6 Å². The van der Waals surface area contributed by atoms with E-state index in [0.717, 1.165) is 11.1 Å². The second kappa shape index (κ2) is 6.45. The van der Waals surface area contributed by atoms with E-state index in [0.29, 0.717) is 22.0 Å². The number of carbonyl (C=O) groups is 2. The monoisotopic (exact) mass is 341 g/mol. The van der Waals surface area contributed by atoms with Crippen LogP contribution in [-0.2, 0) is 4.79 Å². The van der Waals surface area contributed by atoms with Gasteiger partial charge in [-0.15, -0.1) is 0 Å². The number of aryl methyl sites for hydroxylation is 2. The maximum Gasteiger partial charge on any atom is 0.252 e. The number of nitrogens with zero attached hydrogens (tertiary/aromatic N) is 1. The SMILES string of the molecule is Cc1cc2c(cc1C)NC(=O)[C@@H](NC(=O)c1ccc(Cl)cc1)C=N2. The van der Waals surface area contributed by atoms with Crippen molar-refractivity contribution in [3.8, 4) is 0 Å². The number of fused-ring (bicyclic) bond motifs is 1. The van der Waals surface area contributed by atoms with Crippen LogP contribution in [0.4, 0.5) is 11.4 Å². The van der Waals surface area contributed by atoms with Crippen LogP contribution in [0.5, 0.6) is 0 Å². The Morgan fingerprint density at radius 3 is 2.54 bits per heavy atom. The highest BCUT2D eigenvalue weighted by molar-refractivity contribution is 6.30. The fourth-order valence-electron chi connectivity index (χ4n) is 2.37. The van der Waals surface area contributed by atoms with Crippen LogP contribution in [0.15, 0.2) is 41.4 Å². The number of anilines is 1. The molecule has 6 heteroatoms. The predicted octanol–water partition coefficient (Wildman–Crippen LogP) is 3.41. The summed E-state index contributed by atoms with van der Waals surface area (Å²) >= 11 is 5.81. The van der Waals surface area contributed by atoms with Gasteiger partial charge in [0.05, 0.1) is 11.4 Å². The van der Waals surface area contributed by atoms with Gasteiger partial charge >= 0.3 is 0 Å². The van der Waals surface area contributed by atoms with E-state index in [1.807, 2.05) is 26.0 Å². The molecule has 3 rings (SSSR count). The van der Waals surface area contributed by atoms with E-state index >= 15 is 0 Å². The summed E-state index contributed by atoms with van der Waals surface area (Å²) in [5.74, 6) is -0.695. The summed E-state index contributed by atoms with van der Waals surface area (Å²) in [7, 11) is 0. The lowest BCUT2D eigenvalue weighted by Gasteiger charge is -2.13. The summed E-state index contributed by atoms with van der Waals surface area (Å²) in [6.45, 7) is 3.95. The lowest BCUT2D eigenvalue weighted by molar-refractivity contribution is -0.116. The molecule has 1 aliphatic heterocycles. The molecule has 1 atom stereocenters. The van der Waals surface area contributed by atoms with E-state index < -0.39 is 6.04 Å². The molecule has 2 N–H and O–H groups in total. The van der Waals surface area contributed by atoms with Crippen LogP contribution in [0.3, 0.4) is 0 Å². The molecule has 0 unspecified atom stereocenters. The Labute approximate surface area is 144 Å². The third-order valence-electron chi connectivity index (χ3n) is 3.91. The Morgan fingerprint density at radius 1 is 1.17 bits per heavy atom. The molecule has 0 aliphatic carbocycles. The van der Waals surface area contributed by atoms with Crippen molar-refractivity contribution in [1.29, 1.82) is 0 Å². The molecule has 0 saturated heterocycles. The van der Waals surface area contributed by atoms with Crippen LogP contribution in [0.2, 0.25) is 5.02 Å². The Hall–Kier alpha value is -2.66. The van der Waals surface area contributed by atoms with Crippen LogP contribution < -0.4 is 10.6 Å². The van der Waals surface area contributed by atoms with Crippen LogP contribution in [0, 0.1) is 13.8 Å². The van der Waals surface area contributed by atoms with Crippen molar-refractivity contribution >= 4 is 41.0 Å². The van der Waals surface area contributed by atoms with Crippen LogP contribution >= 0.6 is 11.6 Å². The van der Waals surface area contributed by atoms with Gasteiger partial charge in [0.25, 0.3) is 11.8 Å². The van der Waals surface area contributed by atoms with Gasteiger partial charge in [-0.05, 0) is 61.4 Å². The Kier molecular flexibility index (Phi) is 4.36. The molecule has 0 bridgehead atoms. The number of nitrogens with one attached hydrogen (secondary N) is 2. The lowest BCUT2D eigenvalue weighted by atomic mass is 10.1. The highest BCUT2D eigenvalue weighted by Gasteiger charge is 2.23. The molecule has 0 aromatic heterocycles. The standard InChI is InChI=1S/C18H16ClN3O2/c1-10-7-14-15(8-11(10)2)21-18(24)16(9-20-14)22-17(23)12-3-5-13(19)6-4-12/h3-9,16H,1-2H3,(H,21,24)(H,22,23)/t16-/m0/s1.